The molecule has 2 rings (SSSR count). The quantitative estimate of drug-likeness (QED) is 0.861. The zero-order chi connectivity index (χ0) is 14.5. The highest BCUT2D eigenvalue weighted by Gasteiger charge is 2.22. The number of unbranched alkanes of at least 4 members (excludes halogenated alkanes) is 1. The van der Waals surface area contributed by atoms with E-state index in [2.05, 4.69) is 32.9 Å². The lowest BCUT2D eigenvalue weighted by molar-refractivity contribution is 0.0465. The molecule has 1 aromatic rings. The molecular weight excluding hydrogens is 324 g/mol. The summed E-state index contributed by atoms with van der Waals surface area (Å²) in [6, 6.07) is 0. The van der Waals surface area contributed by atoms with Crippen molar-refractivity contribution in [2.24, 2.45) is 5.73 Å². The van der Waals surface area contributed by atoms with Crippen molar-refractivity contribution in [2.75, 3.05) is 31.1 Å². The van der Waals surface area contributed by atoms with Gasteiger partial charge in [0.2, 0.25) is 0 Å². The fourth-order valence-corrected chi connectivity index (χ4v) is 2.78. The van der Waals surface area contributed by atoms with Crippen LogP contribution in [-0.2, 0) is 11.3 Å². The monoisotopic (exact) mass is 344 g/mol. The second-order valence-electron chi connectivity index (χ2n) is 4.90. The number of rotatable bonds is 5. The third kappa shape index (κ3) is 3.39. The topological polar surface area (TPSA) is 73.4 Å². The summed E-state index contributed by atoms with van der Waals surface area (Å²) in [4.78, 5) is 14.4. The normalized spacial score (nSPS) is 19.4. The summed E-state index contributed by atoms with van der Waals surface area (Å²) in [5.41, 5.74) is 6.39. The van der Waals surface area contributed by atoms with E-state index in [-0.39, 0.29) is 11.7 Å². The lowest BCUT2D eigenvalue weighted by Gasteiger charge is -2.34. The lowest BCUT2D eigenvalue weighted by Crippen LogP contribution is -2.46. The SMILES string of the molecule is CCCCn1ncc(N2CCOC(CN)C2)c(Br)c1=O. The average Bonchev–Trinajstić information content (AvgIpc) is 2.49. The number of morpholine rings is 1. The third-order valence-corrected chi connectivity index (χ3v) is 4.18. The number of nitrogens with zero attached hydrogens (tertiary/aromatic N) is 3. The van der Waals surface area contributed by atoms with Crippen LogP contribution in [0.25, 0.3) is 0 Å². The number of aromatic nitrogens is 2. The van der Waals surface area contributed by atoms with Gasteiger partial charge in [0.25, 0.3) is 5.56 Å². The second-order valence-corrected chi connectivity index (χ2v) is 5.69. The molecule has 0 amide bonds. The first-order valence-electron chi connectivity index (χ1n) is 6.99. The van der Waals surface area contributed by atoms with E-state index in [0.29, 0.717) is 30.7 Å². The van der Waals surface area contributed by atoms with Crippen LogP contribution in [0.3, 0.4) is 0 Å². The number of halogens is 1. The van der Waals surface area contributed by atoms with Crippen LogP contribution < -0.4 is 16.2 Å². The lowest BCUT2D eigenvalue weighted by atomic mass is 10.2. The fraction of sp³-hybridized carbons (Fsp3) is 0.692. The maximum atomic E-state index is 12.3. The molecule has 7 heteroatoms. The molecule has 1 aliphatic rings. The largest absolute Gasteiger partial charge is 0.373 e. The second kappa shape index (κ2) is 7.19. The Morgan fingerprint density at radius 3 is 3.10 bits per heavy atom. The molecule has 0 radical (unpaired) electrons. The van der Waals surface area contributed by atoms with Crippen molar-refractivity contribution in [3.05, 3.63) is 21.0 Å². The van der Waals surface area contributed by atoms with Gasteiger partial charge >= 0.3 is 0 Å². The van der Waals surface area contributed by atoms with Gasteiger partial charge in [0.05, 0.1) is 24.6 Å². The predicted molar refractivity (Wildman–Crippen MR) is 82.1 cm³/mol. The van der Waals surface area contributed by atoms with Crippen molar-refractivity contribution in [2.45, 2.75) is 32.4 Å². The van der Waals surface area contributed by atoms with Gasteiger partial charge in [-0.05, 0) is 22.4 Å². The van der Waals surface area contributed by atoms with E-state index in [9.17, 15) is 4.79 Å². The van der Waals surface area contributed by atoms with Crippen LogP contribution in [0.15, 0.2) is 15.5 Å². The van der Waals surface area contributed by atoms with Gasteiger partial charge in [-0.3, -0.25) is 4.79 Å². The predicted octanol–water partition coefficient (Wildman–Crippen LogP) is 0.970. The molecule has 0 saturated carbocycles. The Kier molecular flexibility index (Phi) is 5.56. The van der Waals surface area contributed by atoms with Gasteiger partial charge in [0.15, 0.2) is 0 Å². The molecule has 112 valence electrons. The van der Waals surface area contributed by atoms with Gasteiger partial charge in [0, 0.05) is 26.2 Å². The first-order valence-corrected chi connectivity index (χ1v) is 7.79. The van der Waals surface area contributed by atoms with E-state index in [0.717, 1.165) is 25.1 Å². The first-order chi connectivity index (χ1) is 9.67. The maximum absolute atomic E-state index is 12.3. The number of ether oxygens (including phenoxy) is 1. The van der Waals surface area contributed by atoms with Gasteiger partial charge < -0.3 is 15.4 Å². The van der Waals surface area contributed by atoms with Crippen molar-refractivity contribution in [3.63, 3.8) is 0 Å². The first kappa shape index (κ1) is 15.5. The van der Waals surface area contributed by atoms with Gasteiger partial charge in [-0.15, -0.1) is 0 Å². The van der Waals surface area contributed by atoms with Crippen LogP contribution in [0.1, 0.15) is 19.8 Å². The molecule has 1 saturated heterocycles. The van der Waals surface area contributed by atoms with Crippen molar-refractivity contribution < 1.29 is 4.74 Å². The summed E-state index contributed by atoms with van der Waals surface area (Å²) in [5.74, 6) is 0. The molecule has 1 aliphatic heterocycles. The number of nitrogens with two attached hydrogens (primary N) is 1. The molecule has 2 heterocycles. The zero-order valence-corrected chi connectivity index (χ0v) is 13.3. The van der Waals surface area contributed by atoms with Crippen LogP contribution in [0.2, 0.25) is 0 Å². The molecule has 0 aromatic carbocycles. The summed E-state index contributed by atoms with van der Waals surface area (Å²) in [6.07, 6.45) is 3.75. The molecule has 1 aromatic heterocycles. The number of hydrogen-bond acceptors (Lipinski definition) is 5. The summed E-state index contributed by atoms with van der Waals surface area (Å²) in [6.45, 7) is 5.28. The maximum Gasteiger partial charge on any atom is 0.283 e. The Morgan fingerprint density at radius 2 is 2.40 bits per heavy atom. The Labute approximate surface area is 127 Å². The standard InChI is InChI=1S/C13H21BrN4O2/c1-2-3-4-18-13(19)12(14)11(8-16-18)17-5-6-20-10(7-15)9-17/h8,10H,2-7,9,15H2,1H3. The van der Waals surface area contributed by atoms with Crippen LogP contribution in [0, 0.1) is 0 Å². The summed E-state index contributed by atoms with van der Waals surface area (Å²) < 4.78 is 7.62. The van der Waals surface area contributed by atoms with Gasteiger partial charge in [-0.1, -0.05) is 13.3 Å². The smallest absolute Gasteiger partial charge is 0.283 e. The van der Waals surface area contributed by atoms with Crippen LogP contribution in [-0.4, -0.2) is 42.1 Å². The highest BCUT2D eigenvalue weighted by Crippen LogP contribution is 2.23. The Hall–Kier alpha value is -0.920. The van der Waals surface area contributed by atoms with Crippen molar-refractivity contribution in [1.29, 1.82) is 0 Å². The van der Waals surface area contributed by atoms with E-state index in [1.165, 1.54) is 4.68 Å². The van der Waals surface area contributed by atoms with Gasteiger partial charge in [0.1, 0.15) is 4.47 Å². The fourth-order valence-electron chi connectivity index (χ4n) is 2.22. The number of anilines is 1. The molecule has 1 unspecified atom stereocenters. The Balaban J connectivity index is 2.20. The van der Waals surface area contributed by atoms with Crippen LogP contribution >= 0.6 is 15.9 Å². The summed E-state index contributed by atoms with van der Waals surface area (Å²) in [5, 5.41) is 4.26. The van der Waals surface area contributed by atoms with Crippen molar-refractivity contribution >= 4 is 21.6 Å². The van der Waals surface area contributed by atoms with Crippen molar-refractivity contribution in [3.8, 4) is 0 Å². The molecule has 0 aliphatic carbocycles. The van der Waals surface area contributed by atoms with Crippen LogP contribution in [0.5, 0.6) is 0 Å². The minimum absolute atomic E-state index is 0.0122. The molecule has 2 N–H and O–H groups in total. The highest BCUT2D eigenvalue weighted by molar-refractivity contribution is 9.10. The van der Waals surface area contributed by atoms with Crippen molar-refractivity contribution in [1.82, 2.24) is 9.78 Å². The van der Waals surface area contributed by atoms with E-state index < -0.39 is 0 Å². The van der Waals surface area contributed by atoms with Gasteiger partial charge in [-0.25, -0.2) is 4.68 Å². The summed E-state index contributed by atoms with van der Waals surface area (Å²) >= 11 is 3.41. The minimum atomic E-state index is -0.0771. The molecule has 0 bridgehead atoms. The Bertz CT molecular complexity index is 506. The summed E-state index contributed by atoms with van der Waals surface area (Å²) in [7, 11) is 0. The highest BCUT2D eigenvalue weighted by atomic mass is 79.9. The molecule has 20 heavy (non-hydrogen) atoms. The molecular formula is C13H21BrN4O2. The number of aryl methyl sites for hydroxylation is 1. The zero-order valence-electron chi connectivity index (χ0n) is 11.7. The van der Waals surface area contributed by atoms with E-state index >= 15 is 0 Å². The average molecular weight is 345 g/mol. The molecule has 0 spiro atoms. The van der Waals surface area contributed by atoms with E-state index in [1.54, 1.807) is 6.20 Å². The molecule has 1 atom stereocenters. The number of hydrogen-bond donors (Lipinski definition) is 1. The third-order valence-electron chi connectivity index (χ3n) is 3.43. The molecule has 1 fully saturated rings. The molecule has 6 nitrogen and oxygen atoms in total. The Morgan fingerprint density at radius 1 is 1.60 bits per heavy atom. The van der Waals surface area contributed by atoms with Gasteiger partial charge in [-0.2, -0.15) is 5.10 Å². The minimum Gasteiger partial charge on any atom is -0.373 e. The van der Waals surface area contributed by atoms with E-state index in [4.69, 9.17) is 10.5 Å². The van der Waals surface area contributed by atoms with E-state index in [1.807, 2.05) is 0 Å². The van der Waals surface area contributed by atoms with Crippen LogP contribution in [0.4, 0.5) is 5.69 Å².